The second-order valence-electron chi connectivity index (χ2n) is 4.65. The minimum atomic E-state index is -4.29. The van der Waals surface area contributed by atoms with Gasteiger partial charge in [0.05, 0.1) is 17.7 Å². The number of benzene rings is 1. The zero-order chi connectivity index (χ0) is 15.8. The van der Waals surface area contributed by atoms with Gasteiger partial charge in [-0.3, -0.25) is 4.79 Å². The summed E-state index contributed by atoms with van der Waals surface area (Å²) in [4.78, 5) is 11.4. The first-order valence-electron chi connectivity index (χ1n) is 6.06. The van der Waals surface area contributed by atoms with Crippen molar-refractivity contribution in [3.63, 3.8) is 0 Å². The Labute approximate surface area is 134 Å². The molecule has 1 fully saturated rings. The van der Waals surface area contributed by atoms with Gasteiger partial charge < -0.3 is 10.1 Å². The first-order valence-corrected chi connectivity index (χ1v) is 9.16. The molecule has 2 unspecified atom stereocenters. The van der Waals surface area contributed by atoms with E-state index >= 15 is 0 Å². The van der Waals surface area contributed by atoms with Crippen molar-refractivity contribution in [2.75, 3.05) is 6.61 Å². The van der Waals surface area contributed by atoms with Crippen molar-refractivity contribution in [2.24, 2.45) is 0 Å². The Morgan fingerprint density at radius 3 is 2.71 bits per heavy atom. The van der Waals surface area contributed by atoms with Crippen molar-refractivity contribution in [1.29, 1.82) is 0 Å². The van der Waals surface area contributed by atoms with E-state index < -0.39 is 25.7 Å². The molecule has 1 amide bonds. The highest BCUT2D eigenvalue weighted by Crippen LogP contribution is 2.27. The van der Waals surface area contributed by atoms with E-state index in [4.69, 9.17) is 15.4 Å². The van der Waals surface area contributed by atoms with Gasteiger partial charge in [-0.2, -0.15) is 0 Å². The van der Waals surface area contributed by atoms with E-state index in [-0.39, 0.29) is 22.2 Å². The molecular formula is C12H12BrClFNO4S. The van der Waals surface area contributed by atoms with Crippen LogP contribution in [0.5, 0.6) is 0 Å². The molecule has 1 heterocycles. The summed E-state index contributed by atoms with van der Waals surface area (Å²) in [5.41, 5.74) is -0.386. The van der Waals surface area contributed by atoms with Crippen LogP contribution in [0.25, 0.3) is 0 Å². The Balaban J connectivity index is 2.35. The van der Waals surface area contributed by atoms with E-state index in [1.165, 1.54) is 6.07 Å². The summed E-state index contributed by atoms with van der Waals surface area (Å²) >= 11 is 3.04. The van der Waals surface area contributed by atoms with Gasteiger partial charge in [0.2, 0.25) is 0 Å². The maximum Gasteiger partial charge on any atom is 0.264 e. The maximum atomic E-state index is 14.2. The number of nitrogens with one attached hydrogen (secondary N) is 1. The molecule has 2 rings (SSSR count). The van der Waals surface area contributed by atoms with Gasteiger partial charge in [-0.25, -0.2) is 12.8 Å². The number of rotatable bonds is 3. The molecule has 5 nitrogen and oxygen atoms in total. The Bertz CT molecular complexity index is 682. The summed E-state index contributed by atoms with van der Waals surface area (Å²) < 4.78 is 42.4. The fourth-order valence-corrected chi connectivity index (χ4v) is 3.61. The van der Waals surface area contributed by atoms with Gasteiger partial charge in [0.1, 0.15) is 4.90 Å². The Morgan fingerprint density at radius 1 is 1.52 bits per heavy atom. The normalized spacial score (nSPS) is 22.3. The van der Waals surface area contributed by atoms with Crippen molar-refractivity contribution in [3.8, 4) is 0 Å². The molecule has 0 spiro atoms. The number of ether oxygens (including phenoxy) is 1. The van der Waals surface area contributed by atoms with Crippen molar-refractivity contribution in [3.05, 3.63) is 28.0 Å². The Kier molecular flexibility index (Phi) is 4.92. The Hall–Kier alpha value is -0.700. The topological polar surface area (TPSA) is 72.5 Å². The molecule has 1 aromatic carbocycles. The zero-order valence-electron chi connectivity index (χ0n) is 10.9. The highest BCUT2D eigenvalue weighted by molar-refractivity contribution is 9.10. The smallest absolute Gasteiger partial charge is 0.264 e. The minimum absolute atomic E-state index is 0.180. The lowest BCUT2D eigenvalue weighted by molar-refractivity contribution is 0.0862. The van der Waals surface area contributed by atoms with Gasteiger partial charge >= 0.3 is 0 Å². The van der Waals surface area contributed by atoms with Crippen molar-refractivity contribution in [2.45, 2.75) is 30.4 Å². The standard InChI is InChI=1S/C12H12BrClFNO4S/c1-6-9(2-3-20-6)16-12(17)8-4-7(13)5-10(11(8)15)21(14,18)19/h4-6,9H,2-3H2,1H3,(H,16,17). The number of halogens is 3. The van der Waals surface area contributed by atoms with Crippen LogP contribution in [-0.4, -0.2) is 33.1 Å². The first kappa shape index (κ1) is 16.7. The fraction of sp³-hybridized carbons (Fsp3) is 0.417. The van der Waals surface area contributed by atoms with Gasteiger partial charge in [0.15, 0.2) is 5.82 Å². The molecule has 0 saturated carbocycles. The van der Waals surface area contributed by atoms with Crippen LogP contribution in [0.15, 0.2) is 21.5 Å². The van der Waals surface area contributed by atoms with Crippen LogP contribution in [0.1, 0.15) is 23.7 Å². The lowest BCUT2D eigenvalue weighted by Crippen LogP contribution is -2.39. The van der Waals surface area contributed by atoms with Crippen molar-refractivity contribution in [1.82, 2.24) is 5.32 Å². The molecule has 1 saturated heterocycles. The average Bonchev–Trinajstić information content (AvgIpc) is 2.76. The van der Waals surface area contributed by atoms with Crippen LogP contribution in [0.3, 0.4) is 0 Å². The molecule has 0 aliphatic carbocycles. The SMILES string of the molecule is CC1OCCC1NC(=O)c1cc(Br)cc(S(=O)(=O)Cl)c1F. The summed E-state index contributed by atoms with van der Waals surface area (Å²) in [6, 6.07) is 1.97. The molecule has 1 N–H and O–H groups in total. The molecule has 2 atom stereocenters. The molecule has 9 heteroatoms. The van der Waals surface area contributed by atoms with Crippen LogP contribution in [-0.2, 0) is 13.8 Å². The molecular weight excluding hydrogens is 389 g/mol. The van der Waals surface area contributed by atoms with E-state index in [0.717, 1.165) is 6.07 Å². The molecule has 116 valence electrons. The average molecular weight is 401 g/mol. The summed E-state index contributed by atoms with van der Waals surface area (Å²) in [6.07, 6.45) is 0.434. The van der Waals surface area contributed by atoms with Gasteiger partial charge in [-0.1, -0.05) is 15.9 Å². The predicted octanol–water partition coefficient (Wildman–Crippen LogP) is 2.42. The van der Waals surface area contributed by atoms with E-state index in [9.17, 15) is 17.6 Å². The number of carbonyl (C=O) groups is 1. The van der Waals surface area contributed by atoms with E-state index in [1.807, 2.05) is 0 Å². The highest BCUT2D eigenvalue weighted by Gasteiger charge is 2.29. The van der Waals surface area contributed by atoms with Crippen LogP contribution in [0, 0.1) is 5.82 Å². The van der Waals surface area contributed by atoms with Gasteiger partial charge in [0, 0.05) is 21.8 Å². The fourth-order valence-electron chi connectivity index (χ4n) is 2.07. The van der Waals surface area contributed by atoms with Crippen LogP contribution >= 0.6 is 26.6 Å². The number of amides is 1. The van der Waals surface area contributed by atoms with Gasteiger partial charge in [0.25, 0.3) is 15.0 Å². The molecule has 0 aromatic heterocycles. The second kappa shape index (κ2) is 6.20. The third-order valence-corrected chi connectivity index (χ3v) is 4.98. The lowest BCUT2D eigenvalue weighted by Gasteiger charge is -2.16. The summed E-state index contributed by atoms with van der Waals surface area (Å²) in [6.45, 7) is 2.30. The molecule has 21 heavy (non-hydrogen) atoms. The quantitative estimate of drug-likeness (QED) is 0.791. The largest absolute Gasteiger partial charge is 0.376 e. The van der Waals surface area contributed by atoms with Gasteiger partial charge in [-0.15, -0.1) is 0 Å². The monoisotopic (exact) mass is 399 g/mol. The lowest BCUT2D eigenvalue weighted by atomic mass is 10.1. The number of carbonyl (C=O) groups excluding carboxylic acids is 1. The summed E-state index contributed by atoms with van der Waals surface area (Å²) in [5.74, 6) is -1.88. The van der Waals surface area contributed by atoms with Crippen molar-refractivity contribution >= 4 is 41.6 Å². The minimum Gasteiger partial charge on any atom is -0.376 e. The summed E-state index contributed by atoms with van der Waals surface area (Å²) in [5, 5.41) is 2.63. The van der Waals surface area contributed by atoms with Crippen molar-refractivity contribution < 1.29 is 22.3 Å². The molecule has 1 aliphatic rings. The van der Waals surface area contributed by atoms with Crippen LogP contribution < -0.4 is 5.32 Å². The Morgan fingerprint density at radius 2 is 2.19 bits per heavy atom. The van der Waals surface area contributed by atoms with Gasteiger partial charge in [-0.05, 0) is 25.5 Å². The molecule has 1 aromatic rings. The van der Waals surface area contributed by atoms with E-state index in [2.05, 4.69) is 21.2 Å². The molecule has 0 bridgehead atoms. The number of hydrogen-bond acceptors (Lipinski definition) is 4. The van der Waals surface area contributed by atoms with E-state index in [0.29, 0.717) is 13.0 Å². The van der Waals surface area contributed by atoms with Crippen LogP contribution in [0.2, 0.25) is 0 Å². The third-order valence-electron chi connectivity index (χ3n) is 3.20. The first-order chi connectivity index (χ1) is 9.70. The van der Waals surface area contributed by atoms with Crippen LogP contribution in [0.4, 0.5) is 4.39 Å². The predicted molar refractivity (Wildman–Crippen MR) is 78.4 cm³/mol. The molecule has 1 aliphatic heterocycles. The third kappa shape index (κ3) is 3.74. The zero-order valence-corrected chi connectivity index (χ0v) is 14.1. The second-order valence-corrected chi connectivity index (χ2v) is 8.10. The highest BCUT2D eigenvalue weighted by atomic mass is 79.9. The maximum absolute atomic E-state index is 14.2. The summed E-state index contributed by atoms with van der Waals surface area (Å²) in [7, 11) is 0.878. The number of hydrogen-bond donors (Lipinski definition) is 1. The van der Waals surface area contributed by atoms with E-state index in [1.54, 1.807) is 6.92 Å². The molecule has 0 radical (unpaired) electrons.